The highest BCUT2D eigenvalue weighted by molar-refractivity contribution is 6.02. The molecule has 1 aromatic heterocycles. The zero-order chi connectivity index (χ0) is 16.1. The van der Waals surface area contributed by atoms with E-state index in [1.165, 1.54) is 6.07 Å². The van der Waals surface area contributed by atoms with Crippen molar-refractivity contribution in [3.8, 4) is 0 Å². The fourth-order valence-electron chi connectivity index (χ4n) is 1.72. The molecular weight excluding hydrogens is 288 g/mol. The van der Waals surface area contributed by atoms with E-state index in [0.29, 0.717) is 5.92 Å². The lowest BCUT2D eigenvalue weighted by molar-refractivity contribution is 0.102. The van der Waals surface area contributed by atoms with Crippen molar-refractivity contribution in [2.45, 2.75) is 13.8 Å². The molecule has 22 heavy (non-hydrogen) atoms. The monoisotopic (exact) mass is 305 g/mol. The van der Waals surface area contributed by atoms with Crippen molar-refractivity contribution in [3.63, 3.8) is 0 Å². The van der Waals surface area contributed by atoms with Crippen LogP contribution in [0.4, 0.5) is 20.2 Å². The summed E-state index contributed by atoms with van der Waals surface area (Å²) in [6, 6.07) is 6.48. The summed E-state index contributed by atoms with van der Waals surface area (Å²) >= 11 is 0. The molecule has 2 N–H and O–H groups in total. The molecule has 2 rings (SSSR count). The summed E-state index contributed by atoms with van der Waals surface area (Å²) in [5.41, 5.74) is 1.19. The number of hydrogen-bond acceptors (Lipinski definition) is 3. The van der Waals surface area contributed by atoms with Gasteiger partial charge in [-0.15, -0.1) is 0 Å². The number of rotatable bonds is 5. The number of amides is 1. The Bertz CT molecular complexity index is 657. The Labute approximate surface area is 127 Å². The van der Waals surface area contributed by atoms with Crippen LogP contribution in [-0.4, -0.2) is 17.4 Å². The predicted octanol–water partition coefficient (Wildman–Crippen LogP) is 3.68. The first kappa shape index (κ1) is 15.9. The maximum absolute atomic E-state index is 13.1. The van der Waals surface area contributed by atoms with E-state index < -0.39 is 17.5 Å². The van der Waals surface area contributed by atoms with Crippen LogP contribution in [0.1, 0.15) is 24.3 Å². The summed E-state index contributed by atoms with van der Waals surface area (Å²) in [4.78, 5) is 16.0. The molecule has 1 amide bonds. The number of hydrogen-bond donors (Lipinski definition) is 2. The molecule has 116 valence electrons. The molecule has 0 aliphatic carbocycles. The normalized spacial score (nSPS) is 10.6. The lowest BCUT2D eigenvalue weighted by Crippen LogP contribution is -2.14. The van der Waals surface area contributed by atoms with Gasteiger partial charge >= 0.3 is 0 Å². The van der Waals surface area contributed by atoms with Crippen LogP contribution in [0.5, 0.6) is 0 Å². The number of anilines is 2. The van der Waals surface area contributed by atoms with Crippen LogP contribution < -0.4 is 10.6 Å². The number of pyridine rings is 1. The summed E-state index contributed by atoms with van der Waals surface area (Å²) < 4.78 is 25.9. The molecule has 0 bridgehead atoms. The minimum Gasteiger partial charge on any atom is -0.384 e. The molecule has 2 aromatic rings. The first-order valence-electron chi connectivity index (χ1n) is 6.92. The van der Waals surface area contributed by atoms with Gasteiger partial charge in [-0.05, 0) is 30.2 Å². The Morgan fingerprint density at radius 3 is 2.45 bits per heavy atom. The van der Waals surface area contributed by atoms with Crippen molar-refractivity contribution in [3.05, 3.63) is 53.9 Å². The Kier molecular flexibility index (Phi) is 5.04. The summed E-state index contributed by atoms with van der Waals surface area (Å²) in [6.45, 7) is 4.98. The van der Waals surface area contributed by atoms with E-state index in [9.17, 15) is 13.6 Å². The molecular formula is C16H17F2N3O. The SMILES string of the molecule is CC(C)CNc1ccc(C(=O)Nc2ccc(F)c(F)c2)nc1. The van der Waals surface area contributed by atoms with E-state index >= 15 is 0 Å². The van der Waals surface area contributed by atoms with Crippen molar-refractivity contribution in [1.29, 1.82) is 0 Å². The zero-order valence-corrected chi connectivity index (χ0v) is 12.4. The lowest BCUT2D eigenvalue weighted by Gasteiger charge is -2.09. The van der Waals surface area contributed by atoms with Crippen molar-refractivity contribution in [2.24, 2.45) is 5.92 Å². The summed E-state index contributed by atoms with van der Waals surface area (Å²) in [5.74, 6) is -1.96. The molecule has 0 aliphatic rings. The van der Waals surface area contributed by atoms with Crippen molar-refractivity contribution in [2.75, 3.05) is 17.2 Å². The van der Waals surface area contributed by atoms with E-state index in [0.717, 1.165) is 24.4 Å². The lowest BCUT2D eigenvalue weighted by atomic mass is 10.2. The first-order valence-corrected chi connectivity index (χ1v) is 6.92. The molecule has 1 aromatic carbocycles. The highest BCUT2D eigenvalue weighted by Crippen LogP contribution is 2.14. The average molecular weight is 305 g/mol. The van der Waals surface area contributed by atoms with Crippen molar-refractivity contribution < 1.29 is 13.6 Å². The molecule has 0 aliphatic heterocycles. The second-order valence-electron chi connectivity index (χ2n) is 5.29. The standard InChI is InChI=1S/C16H17F2N3O/c1-10(2)8-19-12-4-6-15(20-9-12)16(22)21-11-3-5-13(17)14(18)7-11/h3-7,9-10,19H,8H2,1-2H3,(H,21,22). The van der Waals surface area contributed by atoms with Gasteiger partial charge in [-0.3, -0.25) is 4.79 Å². The Morgan fingerprint density at radius 1 is 1.14 bits per heavy atom. The third kappa shape index (κ3) is 4.25. The fourth-order valence-corrected chi connectivity index (χ4v) is 1.72. The van der Waals surface area contributed by atoms with Crippen molar-refractivity contribution in [1.82, 2.24) is 4.98 Å². The van der Waals surface area contributed by atoms with Crippen LogP contribution >= 0.6 is 0 Å². The largest absolute Gasteiger partial charge is 0.384 e. The summed E-state index contributed by atoms with van der Waals surface area (Å²) in [7, 11) is 0. The van der Waals surface area contributed by atoms with Crippen LogP contribution in [0.3, 0.4) is 0 Å². The topological polar surface area (TPSA) is 54.0 Å². The number of carbonyl (C=O) groups excluding carboxylic acids is 1. The van der Waals surface area contributed by atoms with E-state index in [1.54, 1.807) is 18.3 Å². The van der Waals surface area contributed by atoms with Gasteiger partial charge in [0, 0.05) is 18.3 Å². The average Bonchev–Trinajstić information content (AvgIpc) is 2.49. The molecule has 4 nitrogen and oxygen atoms in total. The number of halogens is 2. The summed E-state index contributed by atoms with van der Waals surface area (Å²) in [5, 5.41) is 5.66. The second kappa shape index (κ2) is 6.98. The van der Waals surface area contributed by atoms with Crippen LogP contribution in [0.25, 0.3) is 0 Å². The van der Waals surface area contributed by atoms with E-state index in [-0.39, 0.29) is 11.4 Å². The number of benzene rings is 1. The highest BCUT2D eigenvalue weighted by atomic mass is 19.2. The van der Waals surface area contributed by atoms with Gasteiger partial charge in [0.25, 0.3) is 5.91 Å². The number of nitrogens with one attached hydrogen (secondary N) is 2. The van der Waals surface area contributed by atoms with Gasteiger partial charge in [0.2, 0.25) is 0 Å². The smallest absolute Gasteiger partial charge is 0.274 e. The Hall–Kier alpha value is -2.50. The minimum atomic E-state index is -1.01. The Balaban J connectivity index is 2.01. The van der Waals surface area contributed by atoms with Gasteiger partial charge in [-0.25, -0.2) is 13.8 Å². The van der Waals surface area contributed by atoms with E-state index in [2.05, 4.69) is 29.5 Å². The molecule has 0 unspecified atom stereocenters. The van der Waals surface area contributed by atoms with Gasteiger partial charge in [0.1, 0.15) is 5.69 Å². The number of carbonyl (C=O) groups is 1. The highest BCUT2D eigenvalue weighted by Gasteiger charge is 2.09. The van der Waals surface area contributed by atoms with Gasteiger partial charge in [-0.2, -0.15) is 0 Å². The maximum Gasteiger partial charge on any atom is 0.274 e. The summed E-state index contributed by atoms with van der Waals surface area (Å²) in [6.07, 6.45) is 1.56. The molecule has 0 saturated carbocycles. The van der Waals surface area contributed by atoms with Crippen LogP contribution in [0.15, 0.2) is 36.5 Å². The molecule has 0 fully saturated rings. The number of nitrogens with zero attached hydrogens (tertiary/aromatic N) is 1. The maximum atomic E-state index is 13.1. The van der Waals surface area contributed by atoms with Gasteiger partial charge in [-0.1, -0.05) is 13.8 Å². The third-order valence-corrected chi connectivity index (χ3v) is 2.89. The zero-order valence-electron chi connectivity index (χ0n) is 12.4. The van der Waals surface area contributed by atoms with Crippen molar-refractivity contribution >= 4 is 17.3 Å². The first-order chi connectivity index (χ1) is 10.5. The number of aromatic nitrogens is 1. The molecule has 0 radical (unpaired) electrons. The third-order valence-electron chi connectivity index (χ3n) is 2.89. The molecule has 0 atom stereocenters. The molecule has 0 spiro atoms. The van der Waals surface area contributed by atoms with E-state index in [4.69, 9.17) is 0 Å². The predicted molar refractivity (Wildman–Crippen MR) is 81.9 cm³/mol. The minimum absolute atomic E-state index is 0.174. The van der Waals surface area contributed by atoms with Crippen LogP contribution in [0, 0.1) is 17.6 Å². The second-order valence-corrected chi connectivity index (χ2v) is 5.29. The van der Waals surface area contributed by atoms with Gasteiger partial charge in [0.15, 0.2) is 11.6 Å². The Morgan fingerprint density at radius 2 is 1.86 bits per heavy atom. The van der Waals surface area contributed by atoms with Crippen LogP contribution in [-0.2, 0) is 0 Å². The quantitative estimate of drug-likeness (QED) is 0.886. The van der Waals surface area contributed by atoms with E-state index in [1.807, 2.05) is 0 Å². The van der Waals surface area contributed by atoms with Gasteiger partial charge in [0.05, 0.1) is 11.9 Å². The molecule has 6 heteroatoms. The molecule has 0 saturated heterocycles. The van der Waals surface area contributed by atoms with Gasteiger partial charge < -0.3 is 10.6 Å². The van der Waals surface area contributed by atoms with Crippen LogP contribution in [0.2, 0.25) is 0 Å². The fraction of sp³-hybridized carbons (Fsp3) is 0.250. The molecule has 1 heterocycles.